The van der Waals surface area contributed by atoms with E-state index in [9.17, 15) is 32.4 Å². The Hall–Kier alpha value is -6.71. The lowest BCUT2D eigenvalue weighted by Crippen LogP contribution is -2.55. The van der Waals surface area contributed by atoms with Crippen LogP contribution in [0.4, 0.5) is 40.2 Å². The third-order valence-electron chi connectivity index (χ3n) is 12.4. The van der Waals surface area contributed by atoms with Gasteiger partial charge in [-0.3, -0.25) is 43.8 Å². The molecule has 3 saturated heterocycles. The first kappa shape index (κ1) is 46.8. The molecule has 5 heterocycles. The number of nitrogens with zero attached hydrogens (tertiary/aromatic N) is 6. The molecule has 8 rings (SSSR count). The van der Waals surface area contributed by atoms with E-state index in [4.69, 9.17) is 21.1 Å². The van der Waals surface area contributed by atoms with Crippen molar-refractivity contribution in [2.24, 2.45) is 0 Å². The summed E-state index contributed by atoms with van der Waals surface area (Å²) >= 11 is 6.50. The zero-order valence-corrected chi connectivity index (χ0v) is 39.1. The topological polar surface area (TPSA) is 237 Å². The molecule has 3 fully saturated rings. The van der Waals surface area contributed by atoms with Gasteiger partial charge in [-0.25, -0.2) is 13.4 Å². The molecule has 4 aliphatic heterocycles. The normalized spacial score (nSPS) is 18.1. The van der Waals surface area contributed by atoms with E-state index in [1.54, 1.807) is 37.4 Å². The van der Waals surface area contributed by atoms with Gasteiger partial charge in [0.05, 0.1) is 61.4 Å². The Balaban J connectivity index is 0.852. The standard InChI is InChI=1S/C45H52ClN11O9S/c1-5-26-21-34(50-45-48-24-30(46)41(52-45)49-31-10-9-28(65-2)22-33(31)53-67(4,63)64)37(66-3)23-36(26)55-15-13-27(14-16-55)54-17-19-56(20-18-54)39(59)25-47-32-8-6-7-29-40(32)44(62)57(43(29)61)35-11-12-38(58)51-42(35)60/h6-10,21-24,27,35,47,53H,5,11-20,25H2,1-4H3,(H,51,58,60)(H2,48,49,50,52). The predicted octanol–water partition coefficient (Wildman–Crippen LogP) is 4.19. The smallest absolute Gasteiger partial charge is 0.264 e. The van der Waals surface area contributed by atoms with Crippen molar-refractivity contribution in [3.8, 4) is 11.5 Å². The molecule has 0 saturated carbocycles. The van der Waals surface area contributed by atoms with Crippen molar-refractivity contribution in [3.05, 3.63) is 76.4 Å². The molecule has 1 aromatic heterocycles. The highest BCUT2D eigenvalue weighted by Gasteiger charge is 2.45. The molecule has 3 aromatic carbocycles. The Morgan fingerprint density at radius 3 is 2.33 bits per heavy atom. The number of aromatic nitrogens is 2. The SMILES string of the molecule is CCc1cc(Nc2ncc(Cl)c(Nc3ccc(OC)cc3NS(C)(=O)=O)n2)c(OC)cc1N1CCC(N2CCN(C(=O)CNc3cccc4c3C(=O)N(C3CCC(=O)NC3=O)C4=O)CC2)CC1. The predicted molar refractivity (Wildman–Crippen MR) is 252 cm³/mol. The number of hydrogen-bond donors (Lipinski definition) is 5. The summed E-state index contributed by atoms with van der Waals surface area (Å²) in [5.41, 5.74) is 4.09. The number of piperidine rings is 2. The van der Waals surface area contributed by atoms with E-state index in [2.05, 4.69) is 52.7 Å². The maximum Gasteiger partial charge on any atom is 0.264 e. The Labute approximate surface area is 392 Å². The van der Waals surface area contributed by atoms with Crippen LogP contribution in [0.25, 0.3) is 0 Å². The van der Waals surface area contributed by atoms with E-state index in [0.29, 0.717) is 47.7 Å². The maximum atomic E-state index is 13.5. The molecular formula is C45H52ClN11O9S. The molecule has 0 bridgehead atoms. The van der Waals surface area contributed by atoms with Gasteiger partial charge in [0.2, 0.25) is 33.7 Å². The average Bonchev–Trinajstić information content (AvgIpc) is 3.57. The number of rotatable bonds is 15. The summed E-state index contributed by atoms with van der Waals surface area (Å²) in [7, 11) is -0.524. The number of carbonyl (C=O) groups excluding carboxylic acids is 5. The van der Waals surface area contributed by atoms with Crippen molar-refractivity contribution >= 4 is 91.4 Å². The van der Waals surface area contributed by atoms with Crippen LogP contribution in [0, 0.1) is 0 Å². The first-order valence-electron chi connectivity index (χ1n) is 21.9. The highest BCUT2D eigenvalue weighted by atomic mass is 35.5. The first-order chi connectivity index (χ1) is 32.1. The summed E-state index contributed by atoms with van der Waals surface area (Å²) in [5.74, 6) is -0.961. The molecule has 5 N–H and O–H groups in total. The van der Waals surface area contributed by atoms with Crippen LogP contribution in [0.1, 0.15) is 58.9 Å². The van der Waals surface area contributed by atoms with Crippen LogP contribution in [0.5, 0.6) is 11.5 Å². The van der Waals surface area contributed by atoms with Crippen molar-refractivity contribution in [3.63, 3.8) is 0 Å². The number of benzene rings is 3. The third-order valence-corrected chi connectivity index (χ3v) is 13.3. The number of anilines is 7. The fourth-order valence-electron chi connectivity index (χ4n) is 9.02. The van der Waals surface area contributed by atoms with Gasteiger partial charge in [-0.15, -0.1) is 0 Å². The highest BCUT2D eigenvalue weighted by molar-refractivity contribution is 7.92. The molecule has 0 radical (unpaired) electrons. The molecule has 67 heavy (non-hydrogen) atoms. The van der Waals surface area contributed by atoms with Crippen LogP contribution < -0.4 is 40.4 Å². The van der Waals surface area contributed by atoms with Crippen LogP contribution in [-0.4, -0.2) is 141 Å². The summed E-state index contributed by atoms with van der Waals surface area (Å²) in [6, 6.07) is 13.0. The Morgan fingerprint density at radius 1 is 0.881 bits per heavy atom. The van der Waals surface area contributed by atoms with Crippen LogP contribution in [0.15, 0.2) is 54.7 Å². The second kappa shape index (κ2) is 19.6. The van der Waals surface area contributed by atoms with Gasteiger partial charge in [-0.1, -0.05) is 24.6 Å². The fraction of sp³-hybridized carbons (Fsp3) is 0.400. The summed E-state index contributed by atoms with van der Waals surface area (Å²) in [6.45, 7) is 6.24. The van der Waals surface area contributed by atoms with E-state index < -0.39 is 39.7 Å². The number of carbonyl (C=O) groups is 5. The molecule has 1 unspecified atom stereocenters. The van der Waals surface area contributed by atoms with Crippen molar-refractivity contribution < 1.29 is 41.9 Å². The van der Waals surface area contributed by atoms with E-state index in [-0.39, 0.29) is 58.9 Å². The molecule has 1 atom stereocenters. The van der Waals surface area contributed by atoms with E-state index in [0.717, 1.165) is 67.8 Å². The first-order valence-corrected chi connectivity index (χ1v) is 24.2. The van der Waals surface area contributed by atoms with E-state index in [1.165, 1.54) is 19.4 Å². The monoisotopic (exact) mass is 957 g/mol. The number of ether oxygens (including phenoxy) is 2. The minimum Gasteiger partial charge on any atom is -0.497 e. The zero-order chi connectivity index (χ0) is 47.6. The molecule has 5 amide bonds. The van der Waals surface area contributed by atoms with Gasteiger partial charge in [0.25, 0.3) is 11.8 Å². The van der Waals surface area contributed by atoms with E-state index >= 15 is 0 Å². The largest absolute Gasteiger partial charge is 0.497 e. The lowest BCUT2D eigenvalue weighted by Gasteiger charge is -2.43. The number of sulfonamides is 1. The summed E-state index contributed by atoms with van der Waals surface area (Å²) in [6.07, 6.45) is 5.21. The molecule has 22 heteroatoms. The van der Waals surface area contributed by atoms with E-state index in [1.807, 2.05) is 17.0 Å². The number of imide groups is 2. The molecule has 4 aromatic rings. The number of piperazine rings is 1. The zero-order valence-electron chi connectivity index (χ0n) is 37.5. The second-order valence-electron chi connectivity index (χ2n) is 16.6. The van der Waals surface area contributed by atoms with Gasteiger partial charge < -0.3 is 35.2 Å². The quantitative estimate of drug-likeness (QED) is 0.105. The minimum atomic E-state index is -3.61. The lowest BCUT2D eigenvalue weighted by molar-refractivity contribution is -0.136. The average molecular weight is 958 g/mol. The fourth-order valence-corrected chi connectivity index (χ4v) is 9.72. The number of fused-ring (bicyclic) bond motifs is 1. The number of methoxy groups -OCH3 is 2. The third kappa shape index (κ3) is 10.2. The molecule has 0 aliphatic carbocycles. The van der Waals surface area contributed by atoms with Crippen LogP contribution in [-0.2, 0) is 30.8 Å². The lowest BCUT2D eigenvalue weighted by atomic mass is 9.99. The number of halogens is 1. The van der Waals surface area contributed by atoms with Crippen molar-refractivity contribution in [2.45, 2.75) is 51.1 Å². The molecule has 0 spiro atoms. The van der Waals surface area contributed by atoms with Crippen LogP contribution >= 0.6 is 11.6 Å². The van der Waals surface area contributed by atoms with Crippen molar-refractivity contribution in [1.29, 1.82) is 0 Å². The van der Waals surface area contributed by atoms with Gasteiger partial charge >= 0.3 is 0 Å². The Kier molecular flexibility index (Phi) is 13.7. The molecular weight excluding hydrogens is 906 g/mol. The number of nitrogens with one attached hydrogen (secondary N) is 5. The Morgan fingerprint density at radius 2 is 1.64 bits per heavy atom. The molecule has 20 nitrogen and oxygen atoms in total. The van der Waals surface area contributed by atoms with Crippen LogP contribution in [0.2, 0.25) is 5.02 Å². The summed E-state index contributed by atoms with van der Waals surface area (Å²) in [5, 5.41) is 11.9. The summed E-state index contributed by atoms with van der Waals surface area (Å²) < 4.78 is 37.9. The van der Waals surface area contributed by atoms with Crippen molar-refractivity contribution in [2.75, 3.05) is 91.9 Å². The van der Waals surface area contributed by atoms with Crippen molar-refractivity contribution in [1.82, 2.24) is 30.0 Å². The number of amides is 5. The van der Waals surface area contributed by atoms with Gasteiger partial charge in [-0.2, -0.15) is 4.98 Å². The maximum absolute atomic E-state index is 13.5. The number of aryl methyl sites for hydroxylation is 1. The molecule has 4 aliphatic rings. The highest BCUT2D eigenvalue weighted by Crippen LogP contribution is 2.38. The van der Waals surface area contributed by atoms with Gasteiger partial charge in [-0.05, 0) is 61.6 Å². The Bertz CT molecular complexity index is 2730. The van der Waals surface area contributed by atoms with Gasteiger partial charge in [0.15, 0.2) is 5.82 Å². The van der Waals surface area contributed by atoms with Gasteiger partial charge in [0, 0.05) is 75.2 Å². The van der Waals surface area contributed by atoms with Crippen LogP contribution in [0.3, 0.4) is 0 Å². The summed E-state index contributed by atoms with van der Waals surface area (Å²) in [4.78, 5) is 80.9. The van der Waals surface area contributed by atoms with Gasteiger partial charge in [0.1, 0.15) is 22.6 Å². The molecule has 354 valence electrons. The second-order valence-corrected chi connectivity index (χ2v) is 18.8. The number of hydrogen-bond acceptors (Lipinski definition) is 16. The minimum absolute atomic E-state index is 0.0259.